The Hall–Kier alpha value is -2.13. The molecule has 3 unspecified atom stereocenters. The number of hydrogen-bond acceptors (Lipinski definition) is 2. The van der Waals surface area contributed by atoms with Gasteiger partial charge in [-0.05, 0) is 67.1 Å². The Labute approximate surface area is 174 Å². The molecular formula is C22H21F7O2. The van der Waals surface area contributed by atoms with Crippen molar-refractivity contribution < 1.29 is 40.6 Å². The van der Waals surface area contributed by atoms with Crippen LogP contribution in [0.3, 0.4) is 0 Å². The SMILES string of the molecule is C[C@H](OC1CCC(CO)C1c1ccc(F)cc1)c1cc(C(F)(F)F)cc(C(F)(F)F)c1. The number of aliphatic hydroxyl groups excluding tert-OH is 1. The third kappa shape index (κ3) is 5.38. The Kier molecular flexibility index (Phi) is 6.67. The first kappa shape index (κ1) is 23.5. The van der Waals surface area contributed by atoms with Crippen LogP contribution in [0.4, 0.5) is 30.7 Å². The highest BCUT2D eigenvalue weighted by Crippen LogP contribution is 2.44. The summed E-state index contributed by atoms with van der Waals surface area (Å²) in [5.74, 6) is -1.02. The van der Waals surface area contributed by atoms with Gasteiger partial charge in [-0.25, -0.2) is 4.39 Å². The summed E-state index contributed by atoms with van der Waals surface area (Å²) < 4.78 is 98.1. The molecule has 2 nitrogen and oxygen atoms in total. The van der Waals surface area contributed by atoms with Crippen LogP contribution in [-0.2, 0) is 17.1 Å². The minimum atomic E-state index is -4.94. The van der Waals surface area contributed by atoms with Crippen LogP contribution in [0, 0.1) is 11.7 Å². The van der Waals surface area contributed by atoms with Crippen molar-refractivity contribution in [1.29, 1.82) is 0 Å². The highest BCUT2D eigenvalue weighted by atomic mass is 19.4. The van der Waals surface area contributed by atoms with Crippen LogP contribution in [0.2, 0.25) is 0 Å². The van der Waals surface area contributed by atoms with Crippen LogP contribution >= 0.6 is 0 Å². The Morgan fingerprint density at radius 2 is 1.48 bits per heavy atom. The van der Waals surface area contributed by atoms with E-state index in [0.29, 0.717) is 30.5 Å². The summed E-state index contributed by atoms with van der Waals surface area (Å²) in [5, 5.41) is 9.69. The minimum Gasteiger partial charge on any atom is -0.396 e. The number of halogens is 7. The lowest BCUT2D eigenvalue weighted by molar-refractivity contribution is -0.143. The molecule has 0 aromatic heterocycles. The van der Waals surface area contributed by atoms with Crippen LogP contribution in [0.5, 0.6) is 0 Å². The van der Waals surface area contributed by atoms with E-state index in [9.17, 15) is 35.8 Å². The lowest BCUT2D eigenvalue weighted by atomic mass is 9.88. The summed E-state index contributed by atoms with van der Waals surface area (Å²) in [6, 6.07) is 6.99. The molecule has 31 heavy (non-hydrogen) atoms. The molecule has 9 heteroatoms. The molecule has 1 aliphatic carbocycles. The minimum absolute atomic E-state index is 0.0783. The largest absolute Gasteiger partial charge is 0.416 e. The topological polar surface area (TPSA) is 29.5 Å². The molecule has 3 rings (SSSR count). The Bertz CT molecular complexity index is 858. The molecule has 4 atom stereocenters. The molecule has 1 aliphatic rings. The van der Waals surface area contributed by atoms with Gasteiger partial charge in [0, 0.05) is 12.5 Å². The van der Waals surface area contributed by atoms with E-state index in [1.807, 2.05) is 0 Å². The molecule has 1 N–H and O–H groups in total. The van der Waals surface area contributed by atoms with E-state index in [1.54, 1.807) is 12.1 Å². The molecule has 0 spiro atoms. The number of rotatable bonds is 5. The number of alkyl halides is 6. The normalized spacial score (nSPS) is 23.2. The molecule has 0 saturated heterocycles. The molecule has 0 bridgehead atoms. The summed E-state index contributed by atoms with van der Waals surface area (Å²) in [6.45, 7) is 1.22. The highest BCUT2D eigenvalue weighted by Gasteiger charge is 2.40. The smallest absolute Gasteiger partial charge is 0.396 e. The number of ether oxygens (including phenoxy) is 1. The van der Waals surface area contributed by atoms with E-state index in [-0.39, 0.29) is 30.1 Å². The van der Waals surface area contributed by atoms with Crippen molar-refractivity contribution in [2.24, 2.45) is 5.92 Å². The van der Waals surface area contributed by atoms with Crippen LogP contribution in [-0.4, -0.2) is 17.8 Å². The van der Waals surface area contributed by atoms with Crippen molar-refractivity contribution in [2.75, 3.05) is 6.61 Å². The average Bonchev–Trinajstić information content (AvgIpc) is 3.09. The maximum absolute atomic E-state index is 13.3. The van der Waals surface area contributed by atoms with Gasteiger partial charge in [-0.15, -0.1) is 0 Å². The third-order valence-corrected chi connectivity index (χ3v) is 5.68. The van der Waals surface area contributed by atoms with E-state index in [2.05, 4.69) is 0 Å². The van der Waals surface area contributed by atoms with Crippen molar-refractivity contribution >= 4 is 0 Å². The molecule has 1 saturated carbocycles. The van der Waals surface area contributed by atoms with E-state index in [0.717, 1.165) is 0 Å². The summed E-state index contributed by atoms with van der Waals surface area (Å²) in [7, 11) is 0. The van der Waals surface area contributed by atoms with Gasteiger partial charge in [0.1, 0.15) is 5.82 Å². The quantitative estimate of drug-likeness (QED) is 0.528. The van der Waals surface area contributed by atoms with Crippen LogP contribution < -0.4 is 0 Å². The maximum atomic E-state index is 13.3. The van der Waals surface area contributed by atoms with Gasteiger partial charge in [-0.3, -0.25) is 0 Å². The summed E-state index contributed by atoms with van der Waals surface area (Å²) in [6.07, 6.45) is -10.5. The summed E-state index contributed by atoms with van der Waals surface area (Å²) in [5.41, 5.74) is -2.35. The fraction of sp³-hybridized carbons (Fsp3) is 0.455. The fourth-order valence-electron chi connectivity index (χ4n) is 4.12. The van der Waals surface area contributed by atoms with Gasteiger partial charge in [0.15, 0.2) is 0 Å². The van der Waals surface area contributed by atoms with E-state index in [4.69, 9.17) is 4.74 Å². The average molecular weight is 450 g/mol. The van der Waals surface area contributed by atoms with Crippen LogP contribution in [0.1, 0.15) is 54.0 Å². The van der Waals surface area contributed by atoms with Crippen molar-refractivity contribution in [3.05, 3.63) is 70.5 Å². The lowest BCUT2D eigenvalue weighted by Crippen LogP contribution is -2.24. The van der Waals surface area contributed by atoms with Crippen molar-refractivity contribution in [3.8, 4) is 0 Å². The molecule has 0 amide bonds. The van der Waals surface area contributed by atoms with Gasteiger partial charge in [-0.1, -0.05) is 12.1 Å². The first-order chi connectivity index (χ1) is 14.4. The Morgan fingerprint density at radius 3 is 1.97 bits per heavy atom. The van der Waals surface area contributed by atoms with Gasteiger partial charge in [0.05, 0.1) is 23.3 Å². The van der Waals surface area contributed by atoms with Gasteiger partial charge in [-0.2, -0.15) is 26.3 Å². The van der Waals surface area contributed by atoms with E-state index in [1.165, 1.54) is 19.1 Å². The van der Waals surface area contributed by atoms with Crippen molar-refractivity contribution in [2.45, 2.75) is 50.2 Å². The molecule has 1 fully saturated rings. The molecule has 2 aromatic carbocycles. The van der Waals surface area contributed by atoms with E-state index >= 15 is 0 Å². The molecule has 0 heterocycles. The fourth-order valence-corrected chi connectivity index (χ4v) is 4.12. The third-order valence-electron chi connectivity index (χ3n) is 5.68. The van der Waals surface area contributed by atoms with Gasteiger partial charge in [0.25, 0.3) is 0 Å². The lowest BCUT2D eigenvalue weighted by Gasteiger charge is -2.28. The summed E-state index contributed by atoms with van der Waals surface area (Å²) >= 11 is 0. The van der Waals surface area contributed by atoms with Crippen LogP contribution in [0.25, 0.3) is 0 Å². The van der Waals surface area contributed by atoms with E-state index < -0.39 is 41.5 Å². The zero-order chi connectivity index (χ0) is 23.0. The van der Waals surface area contributed by atoms with Crippen molar-refractivity contribution in [1.82, 2.24) is 0 Å². The number of aliphatic hydroxyl groups is 1. The highest BCUT2D eigenvalue weighted by molar-refractivity contribution is 5.35. The monoisotopic (exact) mass is 450 g/mol. The molecule has 0 radical (unpaired) electrons. The first-order valence-electron chi connectivity index (χ1n) is 9.71. The molecule has 170 valence electrons. The first-order valence-corrected chi connectivity index (χ1v) is 9.71. The van der Waals surface area contributed by atoms with Gasteiger partial charge < -0.3 is 9.84 Å². The second-order valence-electron chi connectivity index (χ2n) is 7.75. The second kappa shape index (κ2) is 8.78. The maximum Gasteiger partial charge on any atom is 0.416 e. The van der Waals surface area contributed by atoms with Crippen LogP contribution in [0.15, 0.2) is 42.5 Å². The predicted molar refractivity (Wildman–Crippen MR) is 98.7 cm³/mol. The number of hydrogen-bond donors (Lipinski definition) is 1. The standard InChI is InChI=1S/C22H21F7O2/c1-12(15-8-16(21(24,25)26)10-17(9-15)22(27,28)29)31-19-7-4-14(11-30)20(19)13-2-5-18(23)6-3-13/h2-3,5-6,8-10,12,14,19-20,30H,4,7,11H2,1H3/t12-,14?,19?,20?/m0/s1. The Balaban J connectivity index is 1.90. The summed E-state index contributed by atoms with van der Waals surface area (Å²) in [4.78, 5) is 0. The zero-order valence-electron chi connectivity index (χ0n) is 16.5. The second-order valence-corrected chi connectivity index (χ2v) is 7.75. The van der Waals surface area contributed by atoms with Gasteiger partial charge in [0.2, 0.25) is 0 Å². The predicted octanol–water partition coefficient (Wildman–Crippen LogP) is 6.50. The molecule has 2 aromatic rings. The molecular weight excluding hydrogens is 429 g/mol. The number of benzene rings is 2. The van der Waals surface area contributed by atoms with Crippen molar-refractivity contribution in [3.63, 3.8) is 0 Å². The Morgan fingerprint density at radius 1 is 0.935 bits per heavy atom. The zero-order valence-corrected chi connectivity index (χ0v) is 16.5. The molecule has 0 aliphatic heterocycles. The van der Waals surface area contributed by atoms with Gasteiger partial charge >= 0.3 is 12.4 Å².